The average molecular weight is 207 g/mol. The van der Waals surface area contributed by atoms with Crippen LogP contribution in [0.3, 0.4) is 0 Å². The van der Waals surface area contributed by atoms with E-state index in [0.29, 0.717) is 0 Å². The summed E-state index contributed by atoms with van der Waals surface area (Å²) >= 11 is 0. The summed E-state index contributed by atoms with van der Waals surface area (Å²) in [4.78, 5) is 2.10. The smallest absolute Gasteiger partial charge is 0.0523 e. The third-order valence-electron chi connectivity index (χ3n) is 2.80. The Labute approximate surface area is 92.5 Å². The van der Waals surface area contributed by atoms with Gasteiger partial charge in [0.2, 0.25) is 0 Å². The molecular formula is C13H21NO. The molecule has 0 fully saturated rings. The first-order valence-electron chi connectivity index (χ1n) is 5.28. The quantitative estimate of drug-likeness (QED) is 0.822. The van der Waals surface area contributed by atoms with Crippen LogP contribution in [0.15, 0.2) is 18.2 Å². The van der Waals surface area contributed by atoms with Gasteiger partial charge < -0.3 is 10.0 Å². The number of aryl methyl sites for hydroxylation is 1. The van der Waals surface area contributed by atoms with Gasteiger partial charge in [0.05, 0.1) is 6.61 Å². The lowest BCUT2D eigenvalue weighted by molar-refractivity contribution is 0.218. The Morgan fingerprint density at radius 1 is 1.27 bits per heavy atom. The molecular weight excluding hydrogens is 186 g/mol. The second kappa shape index (κ2) is 4.23. The number of aliphatic hydroxyl groups excluding tert-OH is 1. The van der Waals surface area contributed by atoms with Gasteiger partial charge in [0.25, 0.3) is 0 Å². The van der Waals surface area contributed by atoms with E-state index in [1.165, 1.54) is 16.8 Å². The van der Waals surface area contributed by atoms with Crippen LogP contribution in [0.25, 0.3) is 0 Å². The Bertz CT molecular complexity index is 342. The van der Waals surface area contributed by atoms with Crippen molar-refractivity contribution in [3.05, 3.63) is 29.3 Å². The summed E-state index contributed by atoms with van der Waals surface area (Å²) < 4.78 is 0. The third kappa shape index (κ3) is 2.32. The van der Waals surface area contributed by atoms with E-state index in [9.17, 15) is 5.11 Å². The van der Waals surface area contributed by atoms with Gasteiger partial charge in [-0.1, -0.05) is 26.0 Å². The molecule has 2 nitrogen and oxygen atoms in total. The van der Waals surface area contributed by atoms with E-state index in [1.54, 1.807) is 0 Å². The van der Waals surface area contributed by atoms with Crippen molar-refractivity contribution >= 4 is 5.69 Å². The van der Waals surface area contributed by atoms with E-state index >= 15 is 0 Å². The first-order chi connectivity index (χ1) is 6.90. The fourth-order valence-electron chi connectivity index (χ4n) is 1.98. The minimum atomic E-state index is -0.190. The molecule has 0 spiro atoms. The van der Waals surface area contributed by atoms with E-state index in [0.717, 1.165) is 0 Å². The van der Waals surface area contributed by atoms with Crippen molar-refractivity contribution in [3.8, 4) is 0 Å². The number of hydrogen-bond donors (Lipinski definition) is 1. The highest BCUT2D eigenvalue weighted by Gasteiger charge is 2.25. The Balaban J connectivity index is 3.37. The van der Waals surface area contributed by atoms with Crippen LogP contribution in [-0.2, 0) is 5.41 Å². The topological polar surface area (TPSA) is 23.5 Å². The first kappa shape index (κ1) is 12.1. The molecule has 0 aromatic heterocycles. The molecule has 0 radical (unpaired) electrons. The maximum atomic E-state index is 9.46. The van der Waals surface area contributed by atoms with Crippen LogP contribution in [-0.4, -0.2) is 25.8 Å². The zero-order valence-electron chi connectivity index (χ0n) is 10.3. The lowest BCUT2D eigenvalue weighted by Crippen LogP contribution is -2.26. The molecule has 84 valence electrons. The maximum Gasteiger partial charge on any atom is 0.0523 e. The van der Waals surface area contributed by atoms with Crippen molar-refractivity contribution < 1.29 is 5.11 Å². The predicted molar refractivity (Wildman–Crippen MR) is 65.6 cm³/mol. The van der Waals surface area contributed by atoms with Gasteiger partial charge in [-0.3, -0.25) is 0 Å². The number of hydrogen-bond acceptors (Lipinski definition) is 2. The van der Waals surface area contributed by atoms with Crippen LogP contribution >= 0.6 is 0 Å². The molecule has 1 N–H and O–H groups in total. The van der Waals surface area contributed by atoms with Gasteiger partial charge in [0.1, 0.15) is 0 Å². The van der Waals surface area contributed by atoms with E-state index in [2.05, 4.69) is 43.9 Å². The summed E-state index contributed by atoms with van der Waals surface area (Å²) in [5, 5.41) is 9.46. The van der Waals surface area contributed by atoms with E-state index in [1.807, 2.05) is 14.1 Å². The van der Waals surface area contributed by atoms with Crippen molar-refractivity contribution in [2.45, 2.75) is 26.2 Å². The SMILES string of the molecule is Cc1cccc(N(C)C)c1C(C)(C)CO. The van der Waals surface area contributed by atoms with Gasteiger partial charge >= 0.3 is 0 Å². The Morgan fingerprint density at radius 2 is 1.87 bits per heavy atom. The molecule has 0 atom stereocenters. The van der Waals surface area contributed by atoms with E-state index in [-0.39, 0.29) is 12.0 Å². The number of nitrogens with zero attached hydrogens (tertiary/aromatic N) is 1. The molecule has 1 aromatic rings. The average Bonchev–Trinajstić information content (AvgIpc) is 2.17. The normalized spacial score (nSPS) is 11.6. The summed E-state index contributed by atoms with van der Waals surface area (Å²) in [6.07, 6.45) is 0. The zero-order chi connectivity index (χ0) is 11.6. The zero-order valence-corrected chi connectivity index (χ0v) is 10.3. The monoisotopic (exact) mass is 207 g/mol. The second-order valence-corrected chi connectivity index (χ2v) is 4.91. The maximum absolute atomic E-state index is 9.46. The van der Waals surface area contributed by atoms with Gasteiger partial charge in [-0.2, -0.15) is 0 Å². The second-order valence-electron chi connectivity index (χ2n) is 4.91. The molecule has 1 rings (SSSR count). The molecule has 0 aliphatic heterocycles. The molecule has 1 aromatic carbocycles. The molecule has 0 unspecified atom stereocenters. The highest BCUT2D eigenvalue weighted by molar-refractivity contribution is 5.58. The van der Waals surface area contributed by atoms with E-state index < -0.39 is 0 Å². The van der Waals surface area contributed by atoms with Crippen molar-refractivity contribution in [1.82, 2.24) is 0 Å². The van der Waals surface area contributed by atoms with E-state index in [4.69, 9.17) is 0 Å². The van der Waals surface area contributed by atoms with Crippen LogP contribution in [0.4, 0.5) is 5.69 Å². The molecule has 0 aliphatic carbocycles. The third-order valence-corrected chi connectivity index (χ3v) is 2.80. The molecule has 0 aliphatic rings. The Kier molecular flexibility index (Phi) is 3.40. The summed E-state index contributed by atoms with van der Waals surface area (Å²) in [7, 11) is 4.07. The molecule has 0 amide bonds. The minimum Gasteiger partial charge on any atom is -0.395 e. The van der Waals surface area contributed by atoms with Gasteiger partial charge in [-0.25, -0.2) is 0 Å². The van der Waals surface area contributed by atoms with Crippen molar-refractivity contribution in [1.29, 1.82) is 0 Å². The molecule has 0 saturated carbocycles. The van der Waals surface area contributed by atoms with Crippen LogP contribution < -0.4 is 4.90 Å². The molecule has 0 bridgehead atoms. The highest BCUT2D eigenvalue weighted by atomic mass is 16.3. The number of anilines is 1. The van der Waals surface area contributed by atoms with Gasteiger partial charge in [0, 0.05) is 25.2 Å². The highest BCUT2D eigenvalue weighted by Crippen LogP contribution is 2.33. The lowest BCUT2D eigenvalue weighted by Gasteiger charge is -2.30. The van der Waals surface area contributed by atoms with Gasteiger partial charge in [0.15, 0.2) is 0 Å². The molecule has 2 heteroatoms. The predicted octanol–water partition coefficient (Wildman–Crippen LogP) is 2.33. The summed E-state index contributed by atoms with van der Waals surface area (Å²) in [5.41, 5.74) is 3.47. The fourth-order valence-corrected chi connectivity index (χ4v) is 1.98. The molecule has 15 heavy (non-hydrogen) atoms. The Morgan fingerprint density at radius 3 is 2.33 bits per heavy atom. The molecule has 0 heterocycles. The largest absolute Gasteiger partial charge is 0.395 e. The summed E-state index contributed by atoms with van der Waals surface area (Å²) in [6, 6.07) is 6.25. The number of aliphatic hydroxyl groups is 1. The van der Waals surface area contributed by atoms with Crippen LogP contribution in [0, 0.1) is 6.92 Å². The Hall–Kier alpha value is -1.02. The first-order valence-corrected chi connectivity index (χ1v) is 5.28. The van der Waals surface area contributed by atoms with Gasteiger partial charge in [-0.05, 0) is 24.1 Å². The number of benzene rings is 1. The van der Waals surface area contributed by atoms with Crippen LogP contribution in [0.1, 0.15) is 25.0 Å². The van der Waals surface area contributed by atoms with Crippen LogP contribution in [0.5, 0.6) is 0 Å². The van der Waals surface area contributed by atoms with Crippen molar-refractivity contribution in [2.24, 2.45) is 0 Å². The lowest BCUT2D eigenvalue weighted by atomic mass is 9.81. The minimum absolute atomic E-state index is 0.165. The van der Waals surface area contributed by atoms with Gasteiger partial charge in [-0.15, -0.1) is 0 Å². The summed E-state index contributed by atoms with van der Waals surface area (Å²) in [6.45, 7) is 6.41. The fraction of sp³-hybridized carbons (Fsp3) is 0.538. The molecule has 0 saturated heterocycles. The van der Waals surface area contributed by atoms with Crippen molar-refractivity contribution in [3.63, 3.8) is 0 Å². The summed E-state index contributed by atoms with van der Waals surface area (Å²) in [5.74, 6) is 0. The van der Waals surface area contributed by atoms with Crippen molar-refractivity contribution in [2.75, 3.05) is 25.6 Å². The number of rotatable bonds is 3. The van der Waals surface area contributed by atoms with Crippen LogP contribution in [0.2, 0.25) is 0 Å². The standard InChI is InChI=1S/C13H21NO/c1-10-7-6-8-11(14(4)5)12(10)13(2,3)9-15/h6-8,15H,9H2,1-5H3.